The number of aliphatic hydroxyl groups excluding tert-OH is 1. The van der Waals surface area contributed by atoms with Gasteiger partial charge < -0.3 is 24.2 Å². The number of nitrogens with one attached hydrogen (secondary N) is 1. The molecule has 0 amide bonds. The SMILES string of the molecule is Cc1ccc(C(C)C)c(OC[C@@H](O)Cn2c(N3CCN(C)CC3)nc3c2c(=O)[nH]c(=O)n3C)c1. The van der Waals surface area contributed by atoms with E-state index in [9.17, 15) is 14.7 Å². The van der Waals surface area contributed by atoms with Crippen LogP contribution in [0.1, 0.15) is 30.9 Å². The maximum atomic E-state index is 12.8. The van der Waals surface area contributed by atoms with Gasteiger partial charge in [0.2, 0.25) is 5.95 Å². The third-order valence-electron chi connectivity index (χ3n) is 6.39. The molecule has 1 saturated heterocycles. The first kappa shape index (κ1) is 24.0. The number of imidazole rings is 1. The maximum absolute atomic E-state index is 12.8. The van der Waals surface area contributed by atoms with Crippen LogP contribution in [0.25, 0.3) is 11.2 Å². The van der Waals surface area contributed by atoms with E-state index >= 15 is 0 Å². The first-order valence-corrected chi connectivity index (χ1v) is 11.7. The fourth-order valence-corrected chi connectivity index (χ4v) is 4.34. The van der Waals surface area contributed by atoms with E-state index in [0.29, 0.717) is 11.6 Å². The number of aliphatic hydroxyl groups is 1. The quantitative estimate of drug-likeness (QED) is 0.531. The Bertz CT molecular complexity index is 1280. The number of aromatic nitrogens is 4. The number of hydrogen-bond acceptors (Lipinski definition) is 7. The van der Waals surface area contributed by atoms with E-state index in [-0.39, 0.29) is 24.6 Å². The zero-order chi connectivity index (χ0) is 24.6. The number of nitrogens with zero attached hydrogens (tertiary/aromatic N) is 5. The van der Waals surface area contributed by atoms with E-state index in [2.05, 4.69) is 52.8 Å². The van der Waals surface area contributed by atoms with Gasteiger partial charge in [-0.3, -0.25) is 14.3 Å². The van der Waals surface area contributed by atoms with Crippen LogP contribution in [0, 0.1) is 6.92 Å². The van der Waals surface area contributed by atoms with Gasteiger partial charge in [-0.15, -0.1) is 0 Å². The van der Waals surface area contributed by atoms with E-state index in [1.54, 1.807) is 11.6 Å². The fourth-order valence-electron chi connectivity index (χ4n) is 4.34. The number of anilines is 1. The van der Waals surface area contributed by atoms with Gasteiger partial charge in [0.15, 0.2) is 11.2 Å². The summed E-state index contributed by atoms with van der Waals surface area (Å²) in [5.41, 5.74) is 1.70. The smallest absolute Gasteiger partial charge is 0.329 e. The third-order valence-corrected chi connectivity index (χ3v) is 6.39. The summed E-state index contributed by atoms with van der Waals surface area (Å²) in [5, 5.41) is 10.9. The Morgan fingerprint density at radius 2 is 1.85 bits per heavy atom. The molecule has 1 aliphatic heterocycles. The molecule has 184 valence electrons. The summed E-state index contributed by atoms with van der Waals surface area (Å²) in [4.78, 5) is 36.3. The predicted octanol–water partition coefficient (Wildman–Crippen LogP) is 1.05. The van der Waals surface area contributed by atoms with Crippen molar-refractivity contribution in [2.75, 3.05) is 44.7 Å². The van der Waals surface area contributed by atoms with Crippen LogP contribution in [0.5, 0.6) is 5.75 Å². The molecule has 2 N–H and O–H groups in total. The second-order valence-electron chi connectivity index (χ2n) is 9.46. The first-order chi connectivity index (χ1) is 16.2. The number of benzene rings is 1. The molecule has 0 radical (unpaired) electrons. The van der Waals surface area contributed by atoms with Crippen LogP contribution < -0.4 is 20.9 Å². The van der Waals surface area contributed by atoms with Crippen molar-refractivity contribution in [3.05, 3.63) is 50.2 Å². The maximum Gasteiger partial charge on any atom is 0.329 e. The average molecular weight is 471 g/mol. The van der Waals surface area contributed by atoms with E-state index in [0.717, 1.165) is 43.1 Å². The lowest BCUT2D eigenvalue weighted by Crippen LogP contribution is -2.45. The Morgan fingerprint density at radius 1 is 1.15 bits per heavy atom. The number of aryl methyl sites for hydroxylation is 2. The molecular weight excluding hydrogens is 436 g/mol. The summed E-state index contributed by atoms with van der Waals surface area (Å²) < 4.78 is 9.07. The minimum atomic E-state index is -0.888. The largest absolute Gasteiger partial charge is 0.491 e. The predicted molar refractivity (Wildman–Crippen MR) is 132 cm³/mol. The third kappa shape index (κ3) is 4.74. The lowest BCUT2D eigenvalue weighted by Gasteiger charge is -2.33. The summed E-state index contributed by atoms with van der Waals surface area (Å²) in [5.74, 6) is 1.62. The minimum Gasteiger partial charge on any atom is -0.491 e. The molecule has 0 unspecified atom stereocenters. The number of aromatic amines is 1. The minimum absolute atomic E-state index is 0.0642. The highest BCUT2D eigenvalue weighted by atomic mass is 16.5. The molecule has 1 fully saturated rings. The van der Waals surface area contributed by atoms with Crippen LogP contribution in [0.3, 0.4) is 0 Å². The zero-order valence-electron chi connectivity index (χ0n) is 20.5. The fraction of sp³-hybridized carbons (Fsp3) is 0.542. The summed E-state index contributed by atoms with van der Waals surface area (Å²) in [6.45, 7) is 9.57. The molecule has 1 aromatic carbocycles. The highest BCUT2D eigenvalue weighted by molar-refractivity contribution is 5.74. The van der Waals surface area contributed by atoms with Crippen molar-refractivity contribution < 1.29 is 9.84 Å². The molecule has 4 rings (SSSR count). The Kier molecular flexibility index (Phi) is 6.81. The summed E-state index contributed by atoms with van der Waals surface area (Å²) in [6, 6.07) is 6.08. The number of hydrogen-bond donors (Lipinski definition) is 2. The molecule has 0 spiro atoms. The number of H-pyrrole nitrogens is 1. The van der Waals surface area contributed by atoms with Crippen molar-refractivity contribution in [1.82, 2.24) is 24.0 Å². The van der Waals surface area contributed by atoms with Crippen LogP contribution in [-0.4, -0.2) is 75.0 Å². The molecule has 34 heavy (non-hydrogen) atoms. The molecular formula is C24H34N6O4. The molecule has 1 aliphatic rings. The topological polar surface area (TPSA) is 109 Å². The van der Waals surface area contributed by atoms with Gasteiger partial charge in [0, 0.05) is 33.2 Å². The summed E-state index contributed by atoms with van der Waals surface area (Å²) in [6.07, 6.45) is -0.888. The molecule has 0 saturated carbocycles. The standard InChI is InChI=1S/C24H34N6O4/c1-15(2)18-7-6-16(3)12-19(18)34-14-17(31)13-30-20-21(28(5)24(33)26-22(20)32)25-23(30)29-10-8-27(4)9-11-29/h6-7,12,15,17,31H,8-11,13-14H2,1-5H3,(H,26,32,33)/t17-/m0/s1. The van der Waals surface area contributed by atoms with E-state index < -0.39 is 17.4 Å². The van der Waals surface area contributed by atoms with Gasteiger partial charge in [-0.2, -0.15) is 4.98 Å². The van der Waals surface area contributed by atoms with Gasteiger partial charge in [0.1, 0.15) is 18.5 Å². The highest BCUT2D eigenvalue weighted by Crippen LogP contribution is 2.28. The van der Waals surface area contributed by atoms with Crippen molar-refractivity contribution >= 4 is 17.1 Å². The number of rotatable bonds is 7. The van der Waals surface area contributed by atoms with E-state index in [1.807, 2.05) is 13.0 Å². The van der Waals surface area contributed by atoms with Gasteiger partial charge in [-0.25, -0.2) is 4.79 Å². The van der Waals surface area contributed by atoms with Crippen molar-refractivity contribution in [1.29, 1.82) is 0 Å². The van der Waals surface area contributed by atoms with Crippen molar-refractivity contribution in [2.24, 2.45) is 7.05 Å². The van der Waals surface area contributed by atoms with Gasteiger partial charge in [-0.05, 0) is 37.1 Å². The molecule has 2 aromatic heterocycles. The summed E-state index contributed by atoms with van der Waals surface area (Å²) >= 11 is 0. The Hall–Kier alpha value is -3.11. The monoisotopic (exact) mass is 470 g/mol. The zero-order valence-corrected chi connectivity index (χ0v) is 20.5. The van der Waals surface area contributed by atoms with Gasteiger partial charge in [0.25, 0.3) is 5.56 Å². The number of likely N-dealkylation sites (N-methyl/N-ethyl adjacent to an activating group) is 1. The summed E-state index contributed by atoms with van der Waals surface area (Å²) in [7, 11) is 3.64. The van der Waals surface area contributed by atoms with E-state index in [1.165, 1.54) is 4.57 Å². The normalized spacial score (nSPS) is 15.9. The van der Waals surface area contributed by atoms with Crippen molar-refractivity contribution in [3.63, 3.8) is 0 Å². The molecule has 3 heterocycles. The van der Waals surface area contributed by atoms with Crippen LogP contribution in [0.2, 0.25) is 0 Å². The van der Waals surface area contributed by atoms with Gasteiger partial charge in [0.05, 0.1) is 6.54 Å². The molecule has 1 atom stereocenters. The first-order valence-electron chi connectivity index (χ1n) is 11.7. The van der Waals surface area contributed by atoms with Crippen LogP contribution >= 0.6 is 0 Å². The Morgan fingerprint density at radius 3 is 2.53 bits per heavy atom. The average Bonchev–Trinajstić information content (AvgIpc) is 3.16. The molecule has 10 nitrogen and oxygen atoms in total. The van der Waals surface area contributed by atoms with Crippen LogP contribution in [0.4, 0.5) is 5.95 Å². The Labute approximate surface area is 198 Å². The molecule has 0 bridgehead atoms. The molecule has 3 aromatic rings. The number of ether oxygens (including phenoxy) is 1. The second kappa shape index (κ2) is 9.63. The van der Waals surface area contributed by atoms with Crippen LogP contribution in [-0.2, 0) is 13.6 Å². The van der Waals surface area contributed by atoms with Gasteiger partial charge >= 0.3 is 5.69 Å². The van der Waals surface area contributed by atoms with E-state index in [4.69, 9.17) is 4.74 Å². The van der Waals surface area contributed by atoms with Gasteiger partial charge in [-0.1, -0.05) is 26.0 Å². The van der Waals surface area contributed by atoms with Crippen LogP contribution in [0.15, 0.2) is 27.8 Å². The molecule has 0 aliphatic carbocycles. The second-order valence-corrected chi connectivity index (χ2v) is 9.46. The number of piperazine rings is 1. The highest BCUT2D eigenvalue weighted by Gasteiger charge is 2.25. The lowest BCUT2D eigenvalue weighted by atomic mass is 10.0. The lowest BCUT2D eigenvalue weighted by molar-refractivity contribution is 0.0929. The van der Waals surface area contributed by atoms with Crippen molar-refractivity contribution in [2.45, 2.75) is 39.3 Å². The number of fused-ring (bicyclic) bond motifs is 1. The Balaban J connectivity index is 1.65. The molecule has 10 heteroatoms. The van der Waals surface area contributed by atoms with Crippen molar-refractivity contribution in [3.8, 4) is 5.75 Å².